The molecule has 0 amide bonds. The average Bonchev–Trinajstić information content (AvgIpc) is 2.30. The van der Waals surface area contributed by atoms with Crippen molar-refractivity contribution in [2.75, 3.05) is 18.5 Å². The van der Waals surface area contributed by atoms with Crippen LogP contribution >= 0.6 is 15.9 Å². The Bertz CT molecular complexity index is 364. The first-order valence-corrected chi connectivity index (χ1v) is 7.12. The molecule has 1 fully saturated rings. The third-order valence-electron chi connectivity index (χ3n) is 2.84. The number of halogens is 1. The largest absolute Gasteiger partial charge is 0.303 e. The van der Waals surface area contributed by atoms with Gasteiger partial charge in [0.2, 0.25) is 0 Å². The highest BCUT2D eigenvalue weighted by Gasteiger charge is 2.11. The molecule has 0 aliphatic carbocycles. The molecule has 0 unspecified atom stereocenters. The zero-order valence-corrected chi connectivity index (χ0v) is 11.8. The van der Waals surface area contributed by atoms with Gasteiger partial charge in [-0.25, -0.2) is 15.0 Å². The minimum absolute atomic E-state index is 0.857. The fraction of sp³-hybridized carbons (Fsp3) is 0.667. The number of piperidine rings is 1. The minimum Gasteiger partial charge on any atom is -0.303 e. The van der Waals surface area contributed by atoms with Crippen LogP contribution in [0.3, 0.4) is 0 Å². The highest BCUT2D eigenvalue weighted by Crippen LogP contribution is 2.16. The Labute approximate surface area is 111 Å². The number of hydrogen-bond acceptors (Lipinski definition) is 4. The molecule has 0 aromatic carbocycles. The van der Waals surface area contributed by atoms with E-state index in [4.69, 9.17) is 0 Å². The lowest BCUT2D eigenvalue weighted by Gasteiger charge is -2.27. The molecule has 94 valence electrons. The van der Waals surface area contributed by atoms with Crippen molar-refractivity contribution < 1.29 is 0 Å². The smallest absolute Gasteiger partial charge is 0.145 e. The Morgan fingerprint density at radius 2 is 2.06 bits per heavy atom. The normalized spacial score (nSPS) is 17.1. The number of nitrogens with one attached hydrogen (secondary N) is 1. The second-order valence-corrected chi connectivity index (χ2v) is 5.21. The lowest BCUT2D eigenvalue weighted by atomic mass is 10.2. The maximum Gasteiger partial charge on any atom is 0.145 e. The van der Waals surface area contributed by atoms with Gasteiger partial charge in [-0.1, -0.05) is 13.3 Å². The van der Waals surface area contributed by atoms with Crippen LogP contribution in [0.2, 0.25) is 0 Å². The van der Waals surface area contributed by atoms with Gasteiger partial charge in [-0.15, -0.1) is 0 Å². The first kappa shape index (κ1) is 12.8. The Balaban J connectivity index is 2.03. The number of aromatic nitrogens is 2. The van der Waals surface area contributed by atoms with Crippen LogP contribution in [0.25, 0.3) is 0 Å². The van der Waals surface area contributed by atoms with Crippen molar-refractivity contribution in [3.8, 4) is 0 Å². The topological polar surface area (TPSA) is 41.1 Å². The first-order chi connectivity index (χ1) is 8.28. The molecule has 0 spiro atoms. The second kappa shape index (κ2) is 6.31. The van der Waals surface area contributed by atoms with Crippen LogP contribution in [-0.4, -0.2) is 28.1 Å². The van der Waals surface area contributed by atoms with E-state index in [2.05, 4.69) is 43.3 Å². The SMILES string of the molecule is CCCc1nc(Br)cc(NN2CCCCC2)n1. The summed E-state index contributed by atoms with van der Waals surface area (Å²) in [4.78, 5) is 8.89. The van der Waals surface area contributed by atoms with Crippen LogP contribution in [-0.2, 0) is 6.42 Å². The standard InChI is InChI=1S/C12H19BrN4/c1-2-6-11-14-10(13)9-12(15-11)16-17-7-4-3-5-8-17/h9H,2-8H2,1H3,(H,14,15,16). The molecule has 2 heterocycles. The van der Waals surface area contributed by atoms with Crippen LogP contribution in [0.15, 0.2) is 10.7 Å². The van der Waals surface area contributed by atoms with Crippen LogP contribution < -0.4 is 5.43 Å². The van der Waals surface area contributed by atoms with Gasteiger partial charge in [0, 0.05) is 25.6 Å². The van der Waals surface area contributed by atoms with Crippen molar-refractivity contribution in [3.63, 3.8) is 0 Å². The number of aryl methyl sites for hydroxylation is 1. The Hall–Kier alpha value is -0.680. The third-order valence-corrected chi connectivity index (χ3v) is 3.25. The van der Waals surface area contributed by atoms with Crippen LogP contribution in [0.4, 0.5) is 5.82 Å². The number of rotatable bonds is 4. The van der Waals surface area contributed by atoms with Gasteiger partial charge in [-0.2, -0.15) is 0 Å². The summed E-state index contributed by atoms with van der Waals surface area (Å²) in [5, 5.41) is 2.24. The number of nitrogens with zero attached hydrogens (tertiary/aromatic N) is 3. The first-order valence-electron chi connectivity index (χ1n) is 6.33. The van der Waals surface area contributed by atoms with Gasteiger partial charge in [0.25, 0.3) is 0 Å². The zero-order chi connectivity index (χ0) is 12.1. The molecule has 1 N–H and O–H groups in total. The molecule has 0 bridgehead atoms. The van der Waals surface area contributed by atoms with Crippen LogP contribution in [0.1, 0.15) is 38.4 Å². The molecule has 5 heteroatoms. The predicted molar refractivity (Wildman–Crippen MR) is 72.8 cm³/mol. The van der Waals surface area contributed by atoms with E-state index in [1.54, 1.807) is 0 Å². The highest BCUT2D eigenvalue weighted by molar-refractivity contribution is 9.10. The molecule has 0 atom stereocenters. The summed E-state index contributed by atoms with van der Waals surface area (Å²) in [7, 11) is 0. The van der Waals surface area contributed by atoms with Gasteiger partial charge in [0.15, 0.2) is 0 Å². The molecule has 17 heavy (non-hydrogen) atoms. The van der Waals surface area contributed by atoms with Gasteiger partial charge < -0.3 is 5.43 Å². The van der Waals surface area contributed by atoms with E-state index in [1.165, 1.54) is 19.3 Å². The van der Waals surface area contributed by atoms with Gasteiger partial charge in [-0.3, -0.25) is 0 Å². The van der Waals surface area contributed by atoms with Crippen LogP contribution in [0, 0.1) is 0 Å². The molecule has 1 aliphatic rings. The van der Waals surface area contributed by atoms with Gasteiger partial charge in [0.05, 0.1) is 0 Å². The summed E-state index contributed by atoms with van der Waals surface area (Å²) in [6.07, 6.45) is 5.86. The van der Waals surface area contributed by atoms with E-state index in [9.17, 15) is 0 Å². The second-order valence-electron chi connectivity index (χ2n) is 4.40. The highest BCUT2D eigenvalue weighted by atomic mass is 79.9. The fourth-order valence-corrected chi connectivity index (χ4v) is 2.45. The van der Waals surface area contributed by atoms with E-state index in [1.807, 2.05) is 6.07 Å². The van der Waals surface area contributed by atoms with E-state index in [0.717, 1.165) is 42.2 Å². The fourth-order valence-electron chi connectivity index (χ4n) is 2.03. The number of hydrogen-bond donors (Lipinski definition) is 1. The van der Waals surface area contributed by atoms with Gasteiger partial charge in [0.1, 0.15) is 16.2 Å². The maximum atomic E-state index is 4.52. The quantitative estimate of drug-likeness (QED) is 0.868. The van der Waals surface area contributed by atoms with Crippen molar-refractivity contribution >= 4 is 21.7 Å². The summed E-state index contributed by atoms with van der Waals surface area (Å²) in [5.41, 5.74) is 3.37. The summed E-state index contributed by atoms with van der Waals surface area (Å²) >= 11 is 3.44. The molecule has 1 aliphatic heterocycles. The molecule has 0 radical (unpaired) electrons. The van der Waals surface area contributed by atoms with Crippen molar-refractivity contribution in [2.24, 2.45) is 0 Å². The van der Waals surface area contributed by atoms with Gasteiger partial charge >= 0.3 is 0 Å². The van der Waals surface area contributed by atoms with Crippen molar-refractivity contribution in [1.29, 1.82) is 0 Å². The summed E-state index contributed by atoms with van der Waals surface area (Å²) in [6.45, 7) is 4.34. The van der Waals surface area contributed by atoms with E-state index in [-0.39, 0.29) is 0 Å². The maximum absolute atomic E-state index is 4.52. The number of hydrazine groups is 1. The molecule has 4 nitrogen and oxygen atoms in total. The molecule has 1 aromatic rings. The molecule has 2 rings (SSSR count). The van der Waals surface area contributed by atoms with Crippen molar-refractivity contribution in [2.45, 2.75) is 39.0 Å². The predicted octanol–water partition coefficient (Wildman–Crippen LogP) is 3.00. The lowest BCUT2D eigenvalue weighted by molar-refractivity contribution is 0.272. The Kier molecular flexibility index (Phi) is 4.74. The minimum atomic E-state index is 0.857. The zero-order valence-electron chi connectivity index (χ0n) is 10.2. The lowest BCUT2D eigenvalue weighted by Crippen LogP contribution is -2.35. The molecular weight excluding hydrogens is 280 g/mol. The Morgan fingerprint density at radius 1 is 1.29 bits per heavy atom. The van der Waals surface area contributed by atoms with Crippen molar-refractivity contribution in [3.05, 3.63) is 16.5 Å². The van der Waals surface area contributed by atoms with Gasteiger partial charge in [-0.05, 0) is 35.2 Å². The summed E-state index contributed by atoms with van der Waals surface area (Å²) < 4.78 is 0.857. The number of anilines is 1. The summed E-state index contributed by atoms with van der Waals surface area (Å²) in [5.74, 6) is 1.80. The van der Waals surface area contributed by atoms with Crippen molar-refractivity contribution in [1.82, 2.24) is 15.0 Å². The van der Waals surface area contributed by atoms with E-state index < -0.39 is 0 Å². The molecular formula is C12H19BrN4. The summed E-state index contributed by atoms with van der Waals surface area (Å²) in [6, 6.07) is 1.94. The molecule has 0 saturated carbocycles. The van der Waals surface area contributed by atoms with E-state index >= 15 is 0 Å². The average molecular weight is 299 g/mol. The van der Waals surface area contributed by atoms with E-state index in [0.29, 0.717) is 0 Å². The van der Waals surface area contributed by atoms with Crippen LogP contribution in [0.5, 0.6) is 0 Å². The monoisotopic (exact) mass is 298 g/mol. The molecule has 1 aromatic heterocycles. The third kappa shape index (κ3) is 3.92. The Morgan fingerprint density at radius 3 is 2.76 bits per heavy atom. The molecule has 1 saturated heterocycles.